The van der Waals surface area contributed by atoms with Gasteiger partial charge < -0.3 is 4.74 Å². The number of aromatic nitrogens is 1. The van der Waals surface area contributed by atoms with Crippen LogP contribution in [0.4, 0.5) is 4.39 Å². The van der Waals surface area contributed by atoms with E-state index in [2.05, 4.69) is 11.1 Å². The zero-order valence-corrected chi connectivity index (χ0v) is 8.20. The predicted molar refractivity (Wildman–Crippen MR) is 55.0 cm³/mol. The van der Waals surface area contributed by atoms with Crippen LogP contribution in [0.25, 0.3) is 11.1 Å². The molecule has 1 heterocycles. The first kappa shape index (κ1) is 9.65. The quantitative estimate of drug-likeness (QED) is 0.747. The van der Waals surface area contributed by atoms with Gasteiger partial charge in [-0.1, -0.05) is 0 Å². The third kappa shape index (κ3) is 1.96. The van der Waals surface area contributed by atoms with Crippen molar-refractivity contribution in [2.75, 3.05) is 7.11 Å². The molecule has 0 amide bonds. The highest BCUT2D eigenvalue weighted by molar-refractivity contribution is 5.69. The number of methoxy groups -OCH3 is 1. The second-order valence-corrected chi connectivity index (χ2v) is 3.00. The molecule has 1 aromatic carbocycles. The van der Waals surface area contributed by atoms with E-state index in [1.54, 1.807) is 24.5 Å². The average Bonchev–Trinajstić information content (AvgIpc) is 2.30. The van der Waals surface area contributed by atoms with Crippen molar-refractivity contribution in [1.82, 2.24) is 4.98 Å². The lowest BCUT2D eigenvalue weighted by molar-refractivity contribution is 0.413. The van der Waals surface area contributed by atoms with Crippen LogP contribution in [0.2, 0.25) is 0 Å². The fourth-order valence-electron chi connectivity index (χ4n) is 1.37. The molecule has 2 rings (SSSR count). The van der Waals surface area contributed by atoms with E-state index in [-0.39, 0.29) is 5.82 Å². The molecule has 15 heavy (non-hydrogen) atoms. The van der Waals surface area contributed by atoms with Crippen molar-refractivity contribution >= 4 is 0 Å². The molecule has 75 valence electrons. The maximum Gasteiger partial charge on any atom is 0.129 e. The number of hydrogen-bond donors (Lipinski definition) is 0. The van der Waals surface area contributed by atoms with Crippen LogP contribution in [-0.2, 0) is 0 Å². The van der Waals surface area contributed by atoms with E-state index in [0.29, 0.717) is 5.75 Å². The summed E-state index contributed by atoms with van der Waals surface area (Å²) in [5.41, 5.74) is 1.64. The van der Waals surface area contributed by atoms with E-state index in [0.717, 1.165) is 11.1 Å². The normalized spacial score (nSPS) is 10.0. The Hall–Kier alpha value is -1.90. The largest absolute Gasteiger partial charge is 0.496 e. The highest BCUT2D eigenvalue weighted by Crippen LogP contribution is 2.29. The Morgan fingerprint density at radius 2 is 2.20 bits per heavy atom. The zero-order chi connectivity index (χ0) is 10.7. The molecule has 3 heteroatoms. The van der Waals surface area contributed by atoms with E-state index >= 15 is 0 Å². The molecule has 0 saturated heterocycles. The highest BCUT2D eigenvalue weighted by Gasteiger charge is 2.06. The zero-order valence-electron chi connectivity index (χ0n) is 8.20. The molecule has 1 aromatic heterocycles. The molecular formula is C12H9FNO. The Morgan fingerprint density at radius 1 is 1.33 bits per heavy atom. The maximum atomic E-state index is 12.9. The maximum absolute atomic E-state index is 12.9. The van der Waals surface area contributed by atoms with Gasteiger partial charge in [-0.3, -0.25) is 4.98 Å². The third-order valence-electron chi connectivity index (χ3n) is 2.08. The smallest absolute Gasteiger partial charge is 0.129 e. The van der Waals surface area contributed by atoms with E-state index in [1.165, 1.54) is 19.2 Å². The summed E-state index contributed by atoms with van der Waals surface area (Å²) in [6, 6.07) is 9.18. The van der Waals surface area contributed by atoms with Gasteiger partial charge in [-0.15, -0.1) is 0 Å². The topological polar surface area (TPSA) is 22.1 Å². The number of benzene rings is 1. The van der Waals surface area contributed by atoms with Gasteiger partial charge in [-0.25, -0.2) is 4.39 Å². The van der Waals surface area contributed by atoms with Gasteiger partial charge >= 0.3 is 0 Å². The molecule has 0 bridgehead atoms. The number of nitrogens with zero attached hydrogens (tertiary/aromatic N) is 1. The van der Waals surface area contributed by atoms with Gasteiger partial charge in [0, 0.05) is 30.1 Å². The summed E-state index contributed by atoms with van der Waals surface area (Å²) >= 11 is 0. The summed E-state index contributed by atoms with van der Waals surface area (Å²) in [6.45, 7) is 0. The second kappa shape index (κ2) is 4.09. The van der Waals surface area contributed by atoms with Crippen molar-refractivity contribution in [2.24, 2.45) is 0 Å². The van der Waals surface area contributed by atoms with Gasteiger partial charge in [0.1, 0.15) is 11.6 Å². The molecule has 2 aromatic rings. The number of hydrogen-bond acceptors (Lipinski definition) is 2. The highest BCUT2D eigenvalue weighted by atomic mass is 19.1. The lowest BCUT2D eigenvalue weighted by atomic mass is 10.1. The first-order chi connectivity index (χ1) is 7.31. The minimum absolute atomic E-state index is 0.315. The molecule has 0 unspecified atom stereocenters. The standard InChI is InChI=1S/C12H9FNO/c1-15-12-8-10(13)2-3-11(12)9-4-6-14-7-5-9/h2-4,6-8H,1H3. The Labute approximate surface area is 87.4 Å². The van der Waals surface area contributed by atoms with Crippen molar-refractivity contribution in [3.05, 3.63) is 48.5 Å². The van der Waals surface area contributed by atoms with E-state index in [9.17, 15) is 4.39 Å². The molecule has 0 N–H and O–H groups in total. The minimum Gasteiger partial charge on any atom is -0.496 e. The molecule has 0 atom stereocenters. The molecule has 0 aliphatic heterocycles. The minimum atomic E-state index is -0.315. The summed E-state index contributed by atoms with van der Waals surface area (Å²) in [5, 5.41) is 0. The summed E-state index contributed by atoms with van der Waals surface area (Å²) in [6.07, 6.45) is 3.23. The van der Waals surface area contributed by atoms with Gasteiger partial charge in [-0.2, -0.15) is 0 Å². The van der Waals surface area contributed by atoms with E-state index < -0.39 is 0 Å². The van der Waals surface area contributed by atoms with Crippen LogP contribution in [0.3, 0.4) is 0 Å². The first-order valence-electron chi connectivity index (χ1n) is 4.47. The van der Waals surface area contributed by atoms with Crippen LogP contribution >= 0.6 is 0 Å². The summed E-state index contributed by atoms with van der Waals surface area (Å²) < 4.78 is 18.0. The Bertz CT molecular complexity index is 456. The first-order valence-corrected chi connectivity index (χ1v) is 4.47. The predicted octanol–water partition coefficient (Wildman–Crippen LogP) is 2.70. The van der Waals surface area contributed by atoms with Gasteiger partial charge in [0.15, 0.2) is 0 Å². The van der Waals surface area contributed by atoms with Crippen LogP contribution in [-0.4, -0.2) is 12.1 Å². The number of rotatable bonds is 2. The average molecular weight is 202 g/mol. The van der Waals surface area contributed by atoms with Crippen molar-refractivity contribution in [3.8, 4) is 16.9 Å². The van der Waals surface area contributed by atoms with Crippen LogP contribution in [0.1, 0.15) is 0 Å². The van der Waals surface area contributed by atoms with E-state index in [1.807, 2.05) is 0 Å². The number of halogens is 1. The fourth-order valence-corrected chi connectivity index (χ4v) is 1.37. The summed E-state index contributed by atoms with van der Waals surface area (Å²) in [5.74, 6) is 0.183. The number of pyridine rings is 1. The van der Waals surface area contributed by atoms with Crippen LogP contribution < -0.4 is 4.74 Å². The lowest BCUT2D eigenvalue weighted by Crippen LogP contribution is -1.89. The molecule has 2 nitrogen and oxygen atoms in total. The molecule has 1 radical (unpaired) electrons. The summed E-state index contributed by atoms with van der Waals surface area (Å²) in [7, 11) is 1.51. The van der Waals surface area contributed by atoms with Crippen LogP contribution in [0.5, 0.6) is 5.75 Å². The van der Waals surface area contributed by atoms with Gasteiger partial charge in [0.25, 0.3) is 0 Å². The van der Waals surface area contributed by atoms with Crippen molar-refractivity contribution in [2.45, 2.75) is 0 Å². The van der Waals surface area contributed by atoms with Gasteiger partial charge in [-0.05, 0) is 23.8 Å². The van der Waals surface area contributed by atoms with Crippen LogP contribution in [0, 0.1) is 11.9 Å². The molecule has 0 saturated carbocycles. The van der Waals surface area contributed by atoms with E-state index in [4.69, 9.17) is 4.74 Å². The SMILES string of the molecule is COc1cc(F)ccc1-c1[c]cncc1. The Kier molecular flexibility index (Phi) is 2.63. The molecule has 0 aliphatic rings. The third-order valence-corrected chi connectivity index (χ3v) is 2.08. The Morgan fingerprint density at radius 3 is 2.87 bits per heavy atom. The lowest BCUT2D eigenvalue weighted by Gasteiger charge is -2.07. The van der Waals surface area contributed by atoms with Gasteiger partial charge in [0.2, 0.25) is 0 Å². The number of ether oxygens (including phenoxy) is 1. The molecular weight excluding hydrogens is 193 g/mol. The van der Waals surface area contributed by atoms with Crippen molar-refractivity contribution in [3.63, 3.8) is 0 Å². The second-order valence-electron chi connectivity index (χ2n) is 3.00. The molecule has 0 aliphatic carbocycles. The fraction of sp³-hybridized carbons (Fsp3) is 0.0833. The summed E-state index contributed by atoms with van der Waals surface area (Å²) in [4.78, 5) is 3.87. The monoisotopic (exact) mass is 202 g/mol. The van der Waals surface area contributed by atoms with Gasteiger partial charge in [0.05, 0.1) is 7.11 Å². The Balaban J connectivity index is 2.53. The molecule has 0 spiro atoms. The van der Waals surface area contributed by atoms with Crippen molar-refractivity contribution < 1.29 is 9.13 Å². The van der Waals surface area contributed by atoms with Crippen molar-refractivity contribution in [1.29, 1.82) is 0 Å². The molecule has 0 fully saturated rings. The van der Waals surface area contributed by atoms with Crippen LogP contribution in [0.15, 0.2) is 36.7 Å².